The van der Waals surface area contributed by atoms with E-state index in [0.29, 0.717) is 17.0 Å². The average Bonchev–Trinajstić information content (AvgIpc) is 3.39. The summed E-state index contributed by atoms with van der Waals surface area (Å²) in [5, 5.41) is 7.11. The molecule has 2 saturated heterocycles. The smallest absolute Gasteiger partial charge is 0.267 e. The summed E-state index contributed by atoms with van der Waals surface area (Å²) in [7, 11) is 0. The molecule has 26 heavy (non-hydrogen) atoms. The third-order valence-electron chi connectivity index (χ3n) is 5.86. The van der Waals surface area contributed by atoms with Gasteiger partial charge in [-0.05, 0) is 63.5 Å². The van der Waals surface area contributed by atoms with Crippen LogP contribution in [0.1, 0.15) is 53.9 Å². The first-order chi connectivity index (χ1) is 12.6. The second kappa shape index (κ2) is 7.60. The van der Waals surface area contributed by atoms with E-state index in [-0.39, 0.29) is 17.7 Å². The van der Waals surface area contributed by atoms with E-state index in [2.05, 4.69) is 19.8 Å². The molecule has 1 saturated carbocycles. The highest BCUT2D eigenvalue weighted by Gasteiger charge is 2.34. The van der Waals surface area contributed by atoms with Crippen LogP contribution in [0.2, 0.25) is 0 Å². The summed E-state index contributed by atoms with van der Waals surface area (Å²) in [6.07, 6.45) is 6.34. The Kier molecular flexibility index (Phi) is 5.22. The summed E-state index contributed by atoms with van der Waals surface area (Å²) in [6, 6.07) is 0.924. The fourth-order valence-corrected chi connectivity index (χ4v) is 4.73. The Hall–Kier alpha value is -1.54. The number of hydrogen-bond acceptors (Lipinski definition) is 6. The number of piperidine rings is 2. The van der Waals surface area contributed by atoms with Crippen LogP contribution in [0.4, 0.5) is 0 Å². The van der Waals surface area contributed by atoms with Gasteiger partial charge in [-0.15, -0.1) is 5.10 Å². The molecule has 3 fully saturated rings. The van der Waals surface area contributed by atoms with Gasteiger partial charge in [-0.2, -0.15) is 0 Å². The number of carbonyl (C=O) groups is 2. The number of aromatic nitrogens is 2. The summed E-state index contributed by atoms with van der Waals surface area (Å²) in [6.45, 7) is 5.33. The predicted molar refractivity (Wildman–Crippen MR) is 99.0 cm³/mol. The zero-order valence-electron chi connectivity index (χ0n) is 15.3. The van der Waals surface area contributed by atoms with Crippen LogP contribution in [0.15, 0.2) is 0 Å². The van der Waals surface area contributed by atoms with Crippen LogP contribution in [0.25, 0.3) is 0 Å². The second-order valence-corrected chi connectivity index (χ2v) is 8.58. The Balaban J connectivity index is 1.29. The van der Waals surface area contributed by atoms with Crippen LogP contribution < -0.4 is 5.32 Å². The van der Waals surface area contributed by atoms with Crippen LogP contribution in [0.3, 0.4) is 0 Å². The fourth-order valence-electron chi connectivity index (χ4n) is 4.10. The molecule has 1 aromatic heterocycles. The number of hydrogen-bond donors (Lipinski definition) is 1. The lowest BCUT2D eigenvalue weighted by Gasteiger charge is -2.42. The Bertz CT molecular complexity index is 666. The van der Waals surface area contributed by atoms with E-state index in [0.717, 1.165) is 70.4 Å². The molecule has 0 bridgehead atoms. The average molecular weight is 378 g/mol. The molecule has 7 nitrogen and oxygen atoms in total. The van der Waals surface area contributed by atoms with Gasteiger partial charge in [-0.3, -0.25) is 14.5 Å². The van der Waals surface area contributed by atoms with Crippen molar-refractivity contribution in [2.75, 3.05) is 26.2 Å². The largest absolute Gasteiger partial charge is 0.353 e. The Morgan fingerprint density at radius 3 is 2.54 bits per heavy atom. The minimum absolute atomic E-state index is 0.0660. The summed E-state index contributed by atoms with van der Waals surface area (Å²) in [5.41, 5.74) is 0.725. The molecule has 142 valence electrons. The lowest BCUT2D eigenvalue weighted by molar-refractivity contribution is -0.127. The molecule has 3 aliphatic rings. The van der Waals surface area contributed by atoms with E-state index in [1.54, 1.807) is 0 Å². The van der Waals surface area contributed by atoms with Crippen molar-refractivity contribution in [3.8, 4) is 0 Å². The van der Waals surface area contributed by atoms with Crippen molar-refractivity contribution in [1.29, 1.82) is 0 Å². The van der Waals surface area contributed by atoms with Crippen molar-refractivity contribution in [3.05, 3.63) is 10.6 Å². The standard InChI is InChI=1S/C18H27N5O2S/c1-12-16(26-21-20-12)18(25)22-9-6-15(7-10-22)23-8-2-3-13(11-23)17(24)19-14-4-5-14/h13-15H,2-11H2,1H3,(H,19,24)/t13-/m0/s1. The molecule has 2 aliphatic heterocycles. The van der Waals surface area contributed by atoms with Crippen LogP contribution in [0.5, 0.6) is 0 Å². The maximum Gasteiger partial charge on any atom is 0.267 e. The molecule has 1 aliphatic carbocycles. The zero-order valence-corrected chi connectivity index (χ0v) is 16.1. The molecule has 4 rings (SSSR count). The number of rotatable bonds is 4. The number of amides is 2. The molecule has 3 heterocycles. The highest BCUT2D eigenvalue weighted by Crippen LogP contribution is 2.26. The molecular formula is C18H27N5O2S. The van der Waals surface area contributed by atoms with Crippen molar-refractivity contribution in [3.63, 3.8) is 0 Å². The van der Waals surface area contributed by atoms with Gasteiger partial charge in [0.2, 0.25) is 5.91 Å². The fraction of sp³-hybridized carbons (Fsp3) is 0.778. The molecule has 8 heteroatoms. The normalized spacial score (nSPS) is 25.3. The summed E-state index contributed by atoms with van der Waals surface area (Å²) in [4.78, 5) is 30.1. The first-order valence-corrected chi connectivity index (χ1v) is 10.5. The van der Waals surface area contributed by atoms with Crippen molar-refractivity contribution < 1.29 is 9.59 Å². The first-order valence-electron chi connectivity index (χ1n) is 9.74. The Morgan fingerprint density at radius 2 is 1.88 bits per heavy atom. The third-order valence-corrected chi connectivity index (χ3v) is 6.68. The van der Waals surface area contributed by atoms with Crippen LogP contribution in [-0.4, -0.2) is 69.5 Å². The van der Waals surface area contributed by atoms with E-state index < -0.39 is 0 Å². The van der Waals surface area contributed by atoms with Gasteiger partial charge in [-0.25, -0.2) is 0 Å². The third kappa shape index (κ3) is 3.91. The molecule has 1 N–H and O–H groups in total. The summed E-state index contributed by atoms with van der Waals surface area (Å²) < 4.78 is 3.87. The molecule has 2 amide bonds. The molecule has 0 spiro atoms. The van der Waals surface area contributed by atoms with E-state index in [1.165, 1.54) is 11.5 Å². The maximum absolute atomic E-state index is 12.6. The number of carbonyl (C=O) groups excluding carboxylic acids is 2. The second-order valence-electron chi connectivity index (χ2n) is 7.83. The van der Waals surface area contributed by atoms with E-state index in [1.807, 2.05) is 11.8 Å². The highest BCUT2D eigenvalue weighted by molar-refractivity contribution is 7.07. The summed E-state index contributed by atoms with van der Waals surface area (Å²) in [5.74, 6) is 0.448. The van der Waals surface area contributed by atoms with Gasteiger partial charge in [0, 0.05) is 31.7 Å². The Labute approximate surface area is 158 Å². The monoisotopic (exact) mass is 377 g/mol. The highest BCUT2D eigenvalue weighted by atomic mass is 32.1. The first kappa shape index (κ1) is 17.9. The van der Waals surface area contributed by atoms with Gasteiger partial charge in [0.15, 0.2) is 0 Å². The van der Waals surface area contributed by atoms with Gasteiger partial charge < -0.3 is 10.2 Å². The van der Waals surface area contributed by atoms with Crippen LogP contribution in [-0.2, 0) is 4.79 Å². The minimum Gasteiger partial charge on any atom is -0.353 e. The van der Waals surface area contributed by atoms with Gasteiger partial charge in [0.05, 0.1) is 11.6 Å². The molecule has 0 unspecified atom stereocenters. The van der Waals surface area contributed by atoms with Gasteiger partial charge >= 0.3 is 0 Å². The van der Waals surface area contributed by atoms with Crippen molar-refractivity contribution in [2.24, 2.45) is 5.92 Å². The number of likely N-dealkylation sites (tertiary alicyclic amines) is 2. The quantitative estimate of drug-likeness (QED) is 0.859. The van der Waals surface area contributed by atoms with Crippen LogP contribution >= 0.6 is 11.5 Å². The molecule has 0 radical (unpaired) electrons. The van der Waals surface area contributed by atoms with Gasteiger partial charge in [-0.1, -0.05) is 4.49 Å². The molecule has 1 atom stereocenters. The summed E-state index contributed by atoms with van der Waals surface area (Å²) >= 11 is 1.19. The van der Waals surface area contributed by atoms with E-state index in [4.69, 9.17) is 0 Å². The number of nitrogens with one attached hydrogen (secondary N) is 1. The molecule has 0 aromatic carbocycles. The molecule has 1 aromatic rings. The SMILES string of the molecule is Cc1nnsc1C(=O)N1CCC(N2CCC[C@H](C(=O)NC3CC3)C2)CC1. The lowest BCUT2D eigenvalue weighted by Crippen LogP contribution is -2.51. The van der Waals surface area contributed by atoms with Crippen LogP contribution in [0, 0.1) is 12.8 Å². The number of nitrogens with zero attached hydrogens (tertiary/aromatic N) is 4. The van der Waals surface area contributed by atoms with Crippen molar-refractivity contribution in [2.45, 2.75) is 57.5 Å². The van der Waals surface area contributed by atoms with E-state index in [9.17, 15) is 9.59 Å². The van der Waals surface area contributed by atoms with Crippen molar-refractivity contribution in [1.82, 2.24) is 24.7 Å². The molecular weight excluding hydrogens is 350 g/mol. The Morgan fingerprint density at radius 1 is 1.12 bits per heavy atom. The predicted octanol–water partition coefficient (Wildman–Crippen LogP) is 1.44. The lowest BCUT2D eigenvalue weighted by atomic mass is 9.93. The van der Waals surface area contributed by atoms with Gasteiger partial charge in [0.1, 0.15) is 4.88 Å². The zero-order chi connectivity index (χ0) is 18.1. The van der Waals surface area contributed by atoms with Gasteiger partial charge in [0.25, 0.3) is 5.91 Å². The van der Waals surface area contributed by atoms with E-state index >= 15 is 0 Å². The maximum atomic E-state index is 12.6. The van der Waals surface area contributed by atoms with Crippen molar-refractivity contribution >= 4 is 23.3 Å². The number of aryl methyl sites for hydroxylation is 1. The topological polar surface area (TPSA) is 78.4 Å². The minimum atomic E-state index is 0.0660.